The van der Waals surface area contributed by atoms with Gasteiger partial charge in [-0.25, -0.2) is 9.97 Å². The van der Waals surface area contributed by atoms with E-state index in [0.717, 1.165) is 27.8 Å². The largest absolute Gasteiger partial charge is 0.345 e. The Hall–Kier alpha value is -0.610. The molecule has 0 aliphatic rings. The lowest BCUT2D eigenvalue weighted by Crippen LogP contribution is -2.00. The molecule has 0 amide bonds. The van der Waals surface area contributed by atoms with Crippen molar-refractivity contribution in [2.24, 2.45) is 0 Å². The standard InChI is InChI=1S/C10H11BrClN3/c1-3-5(2)9-14-8(12)7-6(11)4-13-10(7)15-9/h4-5H,3H2,1-2H3,(H,13,14,15). The number of halogens is 2. The molecule has 5 heteroatoms. The van der Waals surface area contributed by atoms with Gasteiger partial charge in [-0.3, -0.25) is 0 Å². The Morgan fingerprint density at radius 1 is 1.53 bits per heavy atom. The summed E-state index contributed by atoms with van der Waals surface area (Å²) in [5.74, 6) is 1.12. The lowest BCUT2D eigenvalue weighted by Gasteiger charge is -2.07. The molecule has 1 atom stereocenters. The third kappa shape index (κ3) is 1.88. The van der Waals surface area contributed by atoms with Crippen molar-refractivity contribution < 1.29 is 0 Å². The lowest BCUT2D eigenvalue weighted by molar-refractivity contribution is 0.682. The van der Waals surface area contributed by atoms with Gasteiger partial charge in [0.05, 0.1) is 5.39 Å². The molecule has 1 N–H and O–H groups in total. The van der Waals surface area contributed by atoms with Gasteiger partial charge in [0.25, 0.3) is 0 Å². The lowest BCUT2D eigenvalue weighted by atomic mass is 10.1. The summed E-state index contributed by atoms with van der Waals surface area (Å²) >= 11 is 9.51. The maximum Gasteiger partial charge on any atom is 0.143 e. The topological polar surface area (TPSA) is 41.6 Å². The summed E-state index contributed by atoms with van der Waals surface area (Å²) in [5, 5.41) is 1.35. The smallest absolute Gasteiger partial charge is 0.143 e. The van der Waals surface area contributed by atoms with E-state index >= 15 is 0 Å². The van der Waals surface area contributed by atoms with Gasteiger partial charge in [0.2, 0.25) is 0 Å². The van der Waals surface area contributed by atoms with Gasteiger partial charge >= 0.3 is 0 Å². The Kier molecular flexibility index (Phi) is 2.98. The fourth-order valence-electron chi connectivity index (χ4n) is 1.37. The second-order valence-electron chi connectivity index (χ2n) is 3.54. The van der Waals surface area contributed by atoms with Gasteiger partial charge in [-0.05, 0) is 22.4 Å². The van der Waals surface area contributed by atoms with Crippen LogP contribution < -0.4 is 0 Å². The van der Waals surface area contributed by atoms with Crippen molar-refractivity contribution in [1.82, 2.24) is 15.0 Å². The van der Waals surface area contributed by atoms with Crippen molar-refractivity contribution >= 4 is 38.6 Å². The molecular weight excluding hydrogens is 277 g/mol. The Morgan fingerprint density at radius 2 is 2.27 bits per heavy atom. The zero-order valence-electron chi connectivity index (χ0n) is 8.51. The van der Waals surface area contributed by atoms with Gasteiger partial charge in [0.1, 0.15) is 16.6 Å². The van der Waals surface area contributed by atoms with Crippen LogP contribution in [0, 0.1) is 0 Å². The van der Waals surface area contributed by atoms with Crippen molar-refractivity contribution in [3.05, 3.63) is 21.6 Å². The van der Waals surface area contributed by atoms with Crippen LogP contribution in [0.2, 0.25) is 5.15 Å². The number of fused-ring (bicyclic) bond motifs is 1. The minimum Gasteiger partial charge on any atom is -0.345 e. The third-order valence-electron chi connectivity index (χ3n) is 2.51. The molecule has 0 aliphatic heterocycles. The summed E-state index contributed by atoms with van der Waals surface area (Å²) in [7, 11) is 0. The number of nitrogens with one attached hydrogen (secondary N) is 1. The fourth-order valence-corrected chi connectivity index (χ4v) is 2.25. The highest BCUT2D eigenvalue weighted by Crippen LogP contribution is 2.29. The monoisotopic (exact) mass is 287 g/mol. The van der Waals surface area contributed by atoms with Gasteiger partial charge < -0.3 is 4.98 Å². The first-order chi connectivity index (χ1) is 7.13. The molecule has 2 rings (SSSR count). The van der Waals surface area contributed by atoms with Gasteiger partial charge in [-0.15, -0.1) is 0 Å². The van der Waals surface area contributed by atoms with Gasteiger partial charge in [0.15, 0.2) is 0 Å². The van der Waals surface area contributed by atoms with E-state index in [-0.39, 0.29) is 0 Å². The third-order valence-corrected chi connectivity index (χ3v) is 3.41. The van der Waals surface area contributed by atoms with Crippen LogP contribution in [0.15, 0.2) is 10.7 Å². The number of hydrogen-bond donors (Lipinski definition) is 1. The molecular formula is C10H11BrClN3. The van der Waals surface area contributed by atoms with Crippen molar-refractivity contribution in [1.29, 1.82) is 0 Å². The predicted octanol–water partition coefficient (Wildman–Crippen LogP) is 3.89. The van der Waals surface area contributed by atoms with E-state index in [4.69, 9.17) is 11.6 Å². The predicted molar refractivity (Wildman–Crippen MR) is 65.3 cm³/mol. The normalized spacial score (nSPS) is 13.3. The summed E-state index contributed by atoms with van der Waals surface area (Å²) in [6.07, 6.45) is 2.83. The van der Waals surface area contributed by atoms with Crippen LogP contribution >= 0.6 is 27.5 Å². The molecule has 2 heterocycles. The van der Waals surface area contributed by atoms with Crippen LogP contribution in [-0.2, 0) is 0 Å². The van der Waals surface area contributed by atoms with Crippen molar-refractivity contribution in [3.8, 4) is 0 Å². The zero-order valence-corrected chi connectivity index (χ0v) is 10.9. The van der Waals surface area contributed by atoms with E-state index in [1.807, 2.05) is 6.20 Å². The second-order valence-corrected chi connectivity index (χ2v) is 4.75. The first kappa shape index (κ1) is 10.9. The van der Waals surface area contributed by atoms with Crippen LogP contribution in [0.4, 0.5) is 0 Å². The highest BCUT2D eigenvalue weighted by Gasteiger charge is 2.13. The molecule has 2 aromatic rings. The average Bonchev–Trinajstić information content (AvgIpc) is 2.59. The van der Waals surface area contributed by atoms with Gasteiger partial charge in [-0.2, -0.15) is 0 Å². The summed E-state index contributed by atoms with van der Waals surface area (Å²) in [5.41, 5.74) is 0.789. The highest BCUT2D eigenvalue weighted by atomic mass is 79.9. The van der Waals surface area contributed by atoms with E-state index in [2.05, 4.69) is 44.7 Å². The summed E-state index contributed by atoms with van der Waals surface area (Å²) < 4.78 is 0.901. The maximum absolute atomic E-state index is 6.11. The molecule has 0 fully saturated rings. The first-order valence-corrected chi connectivity index (χ1v) is 6.00. The fraction of sp³-hybridized carbons (Fsp3) is 0.400. The molecule has 3 nitrogen and oxygen atoms in total. The Labute approximate surface area is 101 Å². The SMILES string of the molecule is CCC(C)c1nc(Cl)c2c(Br)c[nH]c2n1. The molecule has 0 bridgehead atoms. The molecule has 80 valence electrons. The average molecular weight is 289 g/mol. The summed E-state index contributed by atoms with van der Waals surface area (Å²) in [4.78, 5) is 11.8. The maximum atomic E-state index is 6.11. The molecule has 0 spiro atoms. The van der Waals surface area contributed by atoms with Crippen LogP contribution in [0.1, 0.15) is 32.0 Å². The Bertz CT molecular complexity index is 495. The number of nitrogens with zero attached hydrogens (tertiary/aromatic N) is 2. The van der Waals surface area contributed by atoms with Crippen molar-refractivity contribution in [3.63, 3.8) is 0 Å². The number of rotatable bonds is 2. The molecule has 0 aliphatic carbocycles. The zero-order chi connectivity index (χ0) is 11.0. The van der Waals surface area contributed by atoms with Crippen LogP contribution in [0.5, 0.6) is 0 Å². The number of aromatic amines is 1. The molecule has 0 radical (unpaired) electrons. The van der Waals surface area contributed by atoms with Crippen molar-refractivity contribution in [2.75, 3.05) is 0 Å². The minimum atomic E-state index is 0.328. The summed E-state index contributed by atoms with van der Waals surface area (Å²) in [6, 6.07) is 0. The van der Waals surface area contributed by atoms with Gasteiger partial charge in [0, 0.05) is 16.6 Å². The highest BCUT2D eigenvalue weighted by molar-refractivity contribution is 9.10. The minimum absolute atomic E-state index is 0.328. The second kappa shape index (κ2) is 4.10. The number of H-pyrrole nitrogens is 1. The molecule has 2 aromatic heterocycles. The Balaban J connectivity index is 2.63. The Morgan fingerprint density at radius 3 is 2.93 bits per heavy atom. The van der Waals surface area contributed by atoms with E-state index < -0.39 is 0 Å². The first-order valence-electron chi connectivity index (χ1n) is 4.83. The van der Waals surface area contributed by atoms with Crippen LogP contribution in [-0.4, -0.2) is 15.0 Å². The molecule has 1 unspecified atom stereocenters. The molecule has 0 aromatic carbocycles. The van der Waals surface area contributed by atoms with Crippen LogP contribution in [0.25, 0.3) is 11.0 Å². The number of aromatic nitrogens is 3. The van der Waals surface area contributed by atoms with Crippen molar-refractivity contribution in [2.45, 2.75) is 26.2 Å². The summed E-state index contributed by atoms with van der Waals surface area (Å²) in [6.45, 7) is 4.20. The molecule has 15 heavy (non-hydrogen) atoms. The van der Waals surface area contributed by atoms with Gasteiger partial charge in [-0.1, -0.05) is 25.4 Å². The van der Waals surface area contributed by atoms with E-state index in [0.29, 0.717) is 11.1 Å². The van der Waals surface area contributed by atoms with E-state index in [9.17, 15) is 0 Å². The van der Waals surface area contributed by atoms with E-state index in [1.54, 1.807) is 0 Å². The number of hydrogen-bond acceptors (Lipinski definition) is 2. The molecule has 0 saturated heterocycles. The molecule has 0 saturated carbocycles. The van der Waals surface area contributed by atoms with Crippen LogP contribution in [0.3, 0.4) is 0 Å². The van der Waals surface area contributed by atoms with E-state index in [1.165, 1.54) is 0 Å². The quantitative estimate of drug-likeness (QED) is 0.852.